The summed E-state index contributed by atoms with van der Waals surface area (Å²) in [6.07, 6.45) is 0.464. The van der Waals surface area contributed by atoms with Crippen LogP contribution in [0.15, 0.2) is 24.3 Å². The Morgan fingerprint density at radius 2 is 1.89 bits per heavy atom. The van der Waals surface area contributed by atoms with Crippen LogP contribution in [-0.2, 0) is 11.2 Å². The Kier molecular flexibility index (Phi) is 6.04. The first-order valence-corrected chi connectivity index (χ1v) is 10.3. The van der Waals surface area contributed by atoms with Crippen molar-refractivity contribution >= 4 is 19.9 Å². The minimum atomic E-state index is -1.15. The van der Waals surface area contributed by atoms with Crippen LogP contribution in [-0.4, -0.2) is 27.3 Å². The van der Waals surface area contributed by atoms with Crippen molar-refractivity contribution in [2.75, 3.05) is 18.5 Å². The summed E-state index contributed by atoms with van der Waals surface area (Å²) >= 11 is 0. The second-order valence-electron chi connectivity index (χ2n) is 5.81. The van der Waals surface area contributed by atoms with Gasteiger partial charge in [-0.3, -0.25) is 5.32 Å². The van der Waals surface area contributed by atoms with E-state index in [0.29, 0.717) is 13.2 Å². The SMILES string of the molecule is C[Si](C)(C)CCOC(=O)Nc1ccc(CCN)cc1. The van der Waals surface area contributed by atoms with Crippen LogP contribution < -0.4 is 11.1 Å². The number of hydrogen-bond donors (Lipinski definition) is 2. The van der Waals surface area contributed by atoms with Gasteiger partial charge in [-0.05, 0) is 36.7 Å². The lowest BCUT2D eigenvalue weighted by molar-refractivity contribution is 0.167. The number of benzene rings is 1. The van der Waals surface area contributed by atoms with E-state index in [1.54, 1.807) is 0 Å². The van der Waals surface area contributed by atoms with Gasteiger partial charge in [-0.15, -0.1) is 0 Å². The average molecular weight is 280 g/mol. The van der Waals surface area contributed by atoms with Crippen LogP contribution >= 0.6 is 0 Å². The van der Waals surface area contributed by atoms with E-state index in [1.165, 1.54) is 5.56 Å². The van der Waals surface area contributed by atoms with Gasteiger partial charge in [0.2, 0.25) is 0 Å². The summed E-state index contributed by atoms with van der Waals surface area (Å²) in [5.74, 6) is 0. The van der Waals surface area contributed by atoms with E-state index in [9.17, 15) is 4.79 Å². The molecule has 0 aromatic heterocycles. The molecule has 0 heterocycles. The van der Waals surface area contributed by atoms with Crippen LogP contribution in [0.4, 0.5) is 10.5 Å². The minimum absolute atomic E-state index is 0.384. The van der Waals surface area contributed by atoms with Crippen molar-refractivity contribution in [1.29, 1.82) is 0 Å². The van der Waals surface area contributed by atoms with Gasteiger partial charge in [0.25, 0.3) is 0 Å². The molecule has 19 heavy (non-hydrogen) atoms. The highest BCUT2D eigenvalue weighted by Gasteiger charge is 2.13. The molecule has 1 aromatic rings. The van der Waals surface area contributed by atoms with Gasteiger partial charge in [0, 0.05) is 13.8 Å². The Morgan fingerprint density at radius 1 is 1.26 bits per heavy atom. The molecule has 0 aliphatic carbocycles. The van der Waals surface area contributed by atoms with E-state index in [4.69, 9.17) is 10.5 Å². The Balaban J connectivity index is 2.35. The van der Waals surface area contributed by atoms with E-state index >= 15 is 0 Å². The summed E-state index contributed by atoms with van der Waals surface area (Å²) in [6.45, 7) is 7.89. The summed E-state index contributed by atoms with van der Waals surface area (Å²) in [4.78, 5) is 11.6. The molecular weight excluding hydrogens is 256 g/mol. The van der Waals surface area contributed by atoms with E-state index < -0.39 is 8.07 Å². The minimum Gasteiger partial charge on any atom is -0.450 e. The number of hydrogen-bond acceptors (Lipinski definition) is 3. The van der Waals surface area contributed by atoms with Crippen LogP contribution in [0.1, 0.15) is 5.56 Å². The third-order valence-electron chi connectivity index (χ3n) is 2.72. The van der Waals surface area contributed by atoms with Crippen molar-refractivity contribution in [3.8, 4) is 0 Å². The summed E-state index contributed by atoms with van der Waals surface area (Å²) in [5, 5.41) is 2.72. The molecule has 106 valence electrons. The molecule has 0 saturated heterocycles. The van der Waals surface area contributed by atoms with Crippen molar-refractivity contribution in [3.05, 3.63) is 29.8 Å². The Bertz CT molecular complexity index is 399. The molecule has 3 N–H and O–H groups in total. The van der Waals surface area contributed by atoms with Crippen molar-refractivity contribution in [2.45, 2.75) is 32.1 Å². The second kappa shape index (κ2) is 7.30. The van der Waals surface area contributed by atoms with Crippen molar-refractivity contribution in [1.82, 2.24) is 0 Å². The van der Waals surface area contributed by atoms with Gasteiger partial charge in [0.05, 0.1) is 6.61 Å². The summed E-state index contributed by atoms with van der Waals surface area (Å²) < 4.78 is 5.16. The third-order valence-corrected chi connectivity index (χ3v) is 4.42. The summed E-state index contributed by atoms with van der Waals surface area (Å²) in [7, 11) is -1.15. The van der Waals surface area contributed by atoms with Crippen molar-refractivity contribution in [2.24, 2.45) is 5.73 Å². The van der Waals surface area contributed by atoms with Crippen LogP contribution in [0.25, 0.3) is 0 Å². The maximum absolute atomic E-state index is 11.6. The molecule has 1 amide bonds. The number of amides is 1. The lowest BCUT2D eigenvalue weighted by Gasteiger charge is -2.15. The number of carbonyl (C=O) groups is 1. The molecule has 5 heteroatoms. The highest BCUT2D eigenvalue weighted by Crippen LogP contribution is 2.11. The first-order valence-electron chi connectivity index (χ1n) is 6.63. The first-order chi connectivity index (χ1) is 8.90. The standard InChI is InChI=1S/C14H24N2O2Si/c1-19(2,3)11-10-18-14(17)16-13-6-4-12(5-7-13)8-9-15/h4-7H,8-11,15H2,1-3H3,(H,16,17). The lowest BCUT2D eigenvalue weighted by atomic mass is 10.1. The van der Waals surface area contributed by atoms with Gasteiger partial charge in [-0.25, -0.2) is 4.79 Å². The molecule has 0 aliphatic heterocycles. The normalized spacial score (nSPS) is 11.2. The Hall–Kier alpha value is -1.33. The molecule has 0 atom stereocenters. The van der Waals surface area contributed by atoms with E-state index in [1.807, 2.05) is 24.3 Å². The van der Waals surface area contributed by atoms with E-state index in [-0.39, 0.29) is 6.09 Å². The van der Waals surface area contributed by atoms with Crippen molar-refractivity contribution < 1.29 is 9.53 Å². The van der Waals surface area contributed by atoms with Crippen LogP contribution in [0.2, 0.25) is 25.7 Å². The molecule has 0 bridgehead atoms. The molecule has 1 aromatic carbocycles. The topological polar surface area (TPSA) is 64.3 Å². The van der Waals surface area contributed by atoms with Crippen LogP contribution in [0.5, 0.6) is 0 Å². The average Bonchev–Trinajstić information content (AvgIpc) is 2.30. The molecule has 1 rings (SSSR count). The maximum Gasteiger partial charge on any atom is 0.411 e. The van der Waals surface area contributed by atoms with Crippen LogP contribution in [0, 0.1) is 0 Å². The molecule has 0 spiro atoms. The number of ether oxygens (including phenoxy) is 1. The smallest absolute Gasteiger partial charge is 0.411 e. The molecule has 4 nitrogen and oxygen atoms in total. The molecule has 0 aliphatic rings. The summed E-state index contributed by atoms with van der Waals surface area (Å²) in [5.41, 5.74) is 7.40. The highest BCUT2D eigenvalue weighted by molar-refractivity contribution is 6.76. The fraction of sp³-hybridized carbons (Fsp3) is 0.500. The fourth-order valence-electron chi connectivity index (χ4n) is 1.53. The van der Waals surface area contributed by atoms with Crippen molar-refractivity contribution in [3.63, 3.8) is 0 Å². The number of nitrogens with one attached hydrogen (secondary N) is 1. The van der Waals surface area contributed by atoms with Gasteiger partial charge in [-0.2, -0.15) is 0 Å². The van der Waals surface area contributed by atoms with E-state index in [0.717, 1.165) is 18.2 Å². The Labute approximate surface area is 116 Å². The quantitative estimate of drug-likeness (QED) is 0.787. The zero-order valence-corrected chi connectivity index (χ0v) is 13.0. The van der Waals surface area contributed by atoms with Crippen LogP contribution in [0.3, 0.4) is 0 Å². The van der Waals surface area contributed by atoms with Gasteiger partial charge in [0.15, 0.2) is 0 Å². The van der Waals surface area contributed by atoms with E-state index in [2.05, 4.69) is 25.0 Å². The zero-order valence-electron chi connectivity index (χ0n) is 12.0. The number of rotatable bonds is 6. The zero-order chi connectivity index (χ0) is 14.3. The molecule has 0 unspecified atom stereocenters. The van der Waals surface area contributed by atoms with Gasteiger partial charge in [0.1, 0.15) is 0 Å². The van der Waals surface area contributed by atoms with Gasteiger partial charge < -0.3 is 10.5 Å². The Morgan fingerprint density at radius 3 is 2.42 bits per heavy atom. The predicted molar refractivity (Wildman–Crippen MR) is 82.3 cm³/mol. The fourth-order valence-corrected chi connectivity index (χ4v) is 2.24. The molecular formula is C14H24N2O2Si. The molecule has 0 saturated carbocycles. The summed E-state index contributed by atoms with van der Waals surface area (Å²) in [6, 6.07) is 8.64. The lowest BCUT2D eigenvalue weighted by Crippen LogP contribution is -2.24. The number of carbonyl (C=O) groups excluding carboxylic acids is 1. The van der Waals surface area contributed by atoms with Gasteiger partial charge >= 0.3 is 6.09 Å². The molecule has 0 fully saturated rings. The monoisotopic (exact) mass is 280 g/mol. The van der Waals surface area contributed by atoms with Gasteiger partial charge in [-0.1, -0.05) is 31.8 Å². The number of nitrogens with two attached hydrogens (primary N) is 1. The number of anilines is 1. The molecule has 0 radical (unpaired) electrons. The predicted octanol–water partition coefficient (Wildman–Crippen LogP) is 3.07. The third kappa shape index (κ3) is 6.98. The first kappa shape index (κ1) is 15.7. The second-order valence-corrected chi connectivity index (χ2v) is 11.4. The largest absolute Gasteiger partial charge is 0.450 e. The highest BCUT2D eigenvalue weighted by atomic mass is 28.3. The maximum atomic E-state index is 11.6.